The predicted molar refractivity (Wildman–Crippen MR) is 121 cm³/mol. The van der Waals surface area contributed by atoms with E-state index < -0.39 is 11.7 Å². The first-order valence-corrected chi connectivity index (χ1v) is 10.9. The molecule has 0 aliphatic heterocycles. The zero-order valence-electron chi connectivity index (χ0n) is 19.0. The van der Waals surface area contributed by atoms with Crippen LogP contribution in [0.2, 0.25) is 0 Å². The number of anilines is 1. The maximum atomic E-state index is 12.3. The molecule has 1 fully saturated rings. The van der Waals surface area contributed by atoms with Gasteiger partial charge < -0.3 is 20.7 Å². The van der Waals surface area contributed by atoms with Gasteiger partial charge in [0.05, 0.1) is 0 Å². The van der Waals surface area contributed by atoms with Crippen molar-refractivity contribution in [1.82, 2.24) is 10.6 Å². The van der Waals surface area contributed by atoms with Crippen LogP contribution in [0, 0.1) is 5.92 Å². The molecule has 1 aliphatic carbocycles. The Hall–Kier alpha value is -2.83. The topological polar surface area (TPSA) is 96.5 Å². The second-order valence-electron chi connectivity index (χ2n) is 9.01. The molecule has 3 N–H and O–H groups in total. The molecule has 1 aromatic rings. The van der Waals surface area contributed by atoms with E-state index in [0.717, 1.165) is 24.0 Å². The summed E-state index contributed by atoms with van der Waals surface area (Å²) in [7, 11) is 0. The SMILES string of the molecule is C/C(=C\C(=O)Nc1cccc(CNC(=O)CCNC(=O)OC(C)(C)C)c1)C1CCCC1. The Labute approximate surface area is 185 Å². The van der Waals surface area contributed by atoms with E-state index in [0.29, 0.717) is 18.2 Å². The molecule has 0 radical (unpaired) electrons. The van der Waals surface area contributed by atoms with Crippen LogP contribution in [0.25, 0.3) is 0 Å². The van der Waals surface area contributed by atoms with Crippen molar-refractivity contribution in [3.63, 3.8) is 0 Å². The number of benzene rings is 1. The van der Waals surface area contributed by atoms with Gasteiger partial charge in [-0.05, 0) is 64.2 Å². The van der Waals surface area contributed by atoms with Crippen LogP contribution in [0.15, 0.2) is 35.9 Å². The molecule has 7 heteroatoms. The van der Waals surface area contributed by atoms with Gasteiger partial charge in [-0.25, -0.2) is 4.79 Å². The molecule has 0 atom stereocenters. The van der Waals surface area contributed by atoms with Crippen molar-refractivity contribution in [1.29, 1.82) is 0 Å². The van der Waals surface area contributed by atoms with Crippen molar-refractivity contribution in [3.8, 4) is 0 Å². The average molecular weight is 430 g/mol. The number of allylic oxidation sites excluding steroid dienone is 1. The number of carbonyl (C=O) groups excluding carboxylic acids is 3. The smallest absolute Gasteiger partial charge is 0.407 e. The summed E-state index contributed by atoms with van der Waals surface area (Å²) in [5.41, 5.74) is 2.14. The quantitative estimate of drug-likeness (QED) is 0.537. The highest BCUT2D eigenvalue weighted by molar-refractivity contribution is 5.99. The molecule has 0 aromatic heterocycles. The summed E-state index contributed by atoms with van der Waals surface area (Å²) >= 11 is 0. The molecule has 31 heavy (non-hydrogen) atoms. The Morgan fingerprint density at radius 2 is 1.84 bits per heavy atom. The maximum absolute atomic E-state index is 12.3. The lowest BCUT2D eigenvalue weighted by Gasteiger charge is -2.19. The first-order chi connectivity index (χ1) is 14.6. The molecule has 0 saturated heterocycles. The Morgan fingerprint density at radius 1 is 1.13 bits per heavy atom. The lowest BCUT2D eigenvalue weighted by Crippen LogP contribution is -2.35. The molecule has 2 rings (SSSR count). The third-order valence-electron chi connectivity index (χ3n) is 5.06. The number of carbonyl (C=O) groups is 3. The fourth-order valence-corrected chi connectivity index (χ4v) is 3.52. The zero-order chi connectivity index (χ0) is 22.9. The van der Waals surface area contributed by atoms with Gasteiger partial charge in [0.25, 0.3) is 0 Å². The summed E-state index contributed by atoms with van der Waals surface area (Å²) in [6.45, 7) is 7.91. The van der Waals surface area contributed by atoms with Gasteiger partial charge >= 0.3 is 6.09 Å². The fraction of sp³-hybridized carbons (Fsp3) is 0.542. The number of rotatable bonds is 8. The molecule has 170 valence electrons. The highest BCUT2D eigenvalue weighted by Crippen LogP contribution is 2.30. The number of hydrogen-bond donors (Lipinski definition) is 3. The zero-order valence-corrected chi connectivity index (χ0v) is 19.0. The molecular formula is C24H35N3O4. The number of hydrogen-bond acceptors (Lipinski definition) is 4. The molecule has 0 bridgehead atoms. The first-order valence-electron chi connectivity index (χ1n) is 10.9. The van der Waals surface area contributed by atoms with Crippen LogP contribution < -0.4 is 16.0 Å². The van der Waals surface area contributed by atoms with E-state index in [9.17, 15) is 14.4 Å². The van der Waals surface area contributed by atoms with Gasteiger partial charge in [-0.15, -0.1) is 0 Å². The minimum atomic E-state index is -0.572. The Balaban J connectivity index is 1.75. The number of amides is 3. The van der Waals surface area contributed by atoms with Crippen LogP contribution in [-0.4, -0.2) is 30.1 Å². The van der Waals surface area contributed by atoms with Crippen molar-refractivity contribution in [2.75, 3.05) is 11.9 Å². The molecule has 7 nitrogen and oxygen atoms in total. The van der Waals surface area contributed by atoms with Crippen molar-refractivity contribution < 1.29 is 19.1 Å². The lowest BCUT2D eigenvalue weighted by atomic mass is 9.99. The van der Waals surface area contributed by atoms with Gasteiger partial charge in [0.2, 0.25) is 11.8 Å². The molecule has 1 saturated carbocycles. The Bertz CT molecular complexity index is 805. The highest BCUT2D eigenvalue weighted by atomic mass is 16.6. The number of alkyl carbamates (subject to hydrolysis) is 1. The molecular weight excluding hydrogens is 394 g/mol. The summed E-state index contributed by atoms with van der Waals surface area (Å²) in [6, 6.07) is 7.39. The highest BCUT2D eigenvalue weighted by Gasteiger charge is 2.17. The summed E-state index contributed by atoms with van der Waals surface area (Å²) in [6.07, 6.45) is 6.12. The van der Waals surface area contributed by atoms with Gasteiger partial charge in [-0.1, -0.05) is 30.5 Å². The lowest BCUT2D eigenvalue weighted by molar-refractivity contribution is -0.121. The van der Waals surface area contributed by atoms with Crippen molar-refractivity contribution in [2.45, 2.75) is 71.9 Å². The molecule has 1 aliphatic rings. The monoisotopic (exact) mass is 429 g/mol. The standard InChI is InChI=1S/C24H35N3O4/c1-17(19-9-5-6-10-19)14-22(29)27-20-11-7-8-18(15-20)16-26-21(28)12-13-25-23(30)31-24(2,3)4/h7-8,11,14-15,19H,5-6,9-10,12-13,16H2,1-4H3,(H,25,30)(H,26,28)(H,27,29)/b17-14+. The van der Waals surface area contributed by atoms with Gasteiger partial charge in [0.1, 0.15) is 5.60 Å². The summed E-state index contributed by atoms with van der Waals surface area (Å²) in [4.78, 5) is 35.9. The van der Waals surface area contributed by atoms with E-state index in [4.69, 9.17) is 4.74 Å². The molecule has 3 amide bonds. The summed E-state index contributed by atoms with van der Waals surface area (Å²) in [5.74, 6) is 0.219. The second kappa shape index (κ2) is 11.5. The van der Waals surface area contributed by atoms with E-state index in [2.05, 4.69) is 16.0 Å². The summed E-state index contributed by atoms with van der Waals surface area (Å²) in [5, 5.41) is 8.27. The van der Waals surface area contributed by atoms with Gasteiger partial charge in [0, 0.05) is 31.3 Å². The third-order valence-corrected chi connectivity index (χ3v) is 5.06. The number of nitrogens with one attached hydrogen (secondary N) is 3. The third kappa shape index (κ3) is 9.68. The molecule has 1 aromatic carbocycles. The van der Waals surface area contributed by atoms with E-state index in [-0.39, 0.29) is 24.8 Å². The van der Waals surface area contributed by atoms with Crippen molar-refractivity contribution in [3.05, 3.63) is 41.5 Å². The van der Waals surface area contributed by atoms with Gasteiger partial charge in [-0.3, -0.25) is 9.59 Å². The van der Waals surface area contributed by atoms with Gasteiger partial charge in [-0.2, -0.15) is 0 Å². The van der Waals surface area contributed by atoms with Gasteiger partial charge in [0.15, 0.2) is 0 Å². The molecule has 0 unspecified atom stereocenters. The Kier molecular flexibility index (Phi) is 9.09. The van der Waals surface area contributed by atoms with Crippen LogP contribution in [-0.2, 0) is 20.9 Å². The van der Waals surface area contributed by atoms with Crippen LogP contribution in [0.3, 0.4) is 0 Å². The van der Waals surface area contributed by atoms with E-state index in [1.165, 1.54) is 12.8 Å². The van der Waals surface area contributed by atoms with Crippen LogP contribution in [0.1, 0.15) is 65.4 Å². The van der Waals surface area contributed by atoms with Crippen LogP contribution in [0.5, 0.6) is 0 Å². The minimum Gasteiger partial charge on any atom is -0.444 e. The normalized spacial score (nSPS) is 14.8. The summed E-state index contributed by atoms with van der Waals surface area (Å²) < 4.78 is 5.13. The number of ether oxygens (including phenoxy) is 1. The van der Waals surface area contributed by atoms with E-state index >= 15 is 0 Å². The molecule has 0 heterocycles. The van der Waals surface area contributed by atoms with Crippen molar-refractivity contribution in [2.24, 2.45) is 5.92 Å². The fourth-order valence-electron chi connectivity index (χ4n) is 3.52. The van der Waals surface area contributed by atoms with Crippen LogP contribution in [0.4, 0.5) is 10.5 Å². The maximum Gasteiger partial charge on any atom is 0.407 e. The molecule has 0 spiro atoms. The second-order valence-corrected chi connectivity index (χ2v) is 9.01. The minimum absolute atomic E-state index is 0.126. The van der Waals surface area contributed by atoms with E-state index in [1.54, 1.807) is 26.8 Å². The van der Waals surface area contributed by atoms with Crippen LogP contribution >= 0.6 is 0 Å². The largest absolute Gasteiger partial charge is 0.444 e. The van der Waals surface area contributed by atoms with E-state index in [1.807, 2.05) is 31.2 Å². The average Bonchev–Trinajstić information content (AvgIpc) is 3.20. The predicted octanol–water partition coefficient (Wildman–Crippen LogP) is 4.29. The first kappa shape index (κ1) is 24.4. The Morgan fingerprint density at radius 3 is 2.52 bits per heavy atom. The van der Waals surface area contributed by atoms with Crippen molar-refractivity contribution >= 4 is 23.6 Å².